The second-order valence-corrected chi connectivity index (χ2v) is 21.1. The van der Waals surface area contributed by atoms with Gasteiger partial charge in [0.15, 0.2) is 0 Å². The van der Waals surface area contributed by atoms with Crippen molar-refractivity contribution < 1.29 is 135 Å². The molecule has 0 saturated heterocycles. The van der Waals surface area contributed by atoms with Crippen molar-refractivity contribution in [1.82, 2.24) is 0 Å². The fourth-order valence-electron chi connectivity index (χ4n) is 4.29. The molecule has 11 nitrogen and oxygen atoms in total. The predicted octanol–water partition coefficient (Wildman–Crippen LogP) is 10.1. The smallest absolute Gasteiger partial charge is 0.458 e. The molecule has 57 heavy (non-hydrogen) atoms. The first-order valence-corrected chi connectivity index (χ1v) is 20.3. The van der Waals surface area contributed by atoms with E-state index in [2.05, 4.69) is 4.74 Å². The maximum absolute atomic E-state index is 14.2. The van der Waals surface area contributed by atoms with Crippen molar-refractivity contribution in [2.24, 2.45) is 0 Å². The summed E-state index contributed by atoms with van der Waals surface area (Å²) in [6.45, 7) is 3.20. The number of carbonyl (C=O) groups excluding carboxylic acids is 1. The van der Waals surface area contributed by atoms with E-state index in [4.69, 9.17) is 35.1 Å². The number of rotatable bonds is 20. The van der Waals surface area contributed by atoms with Gasteiger partial charge in [-0.25, -0.2) is 4.79 Å². The Labute approximate surface area is 359 Å². The number of ether oxygens (including phenoxy) is 2. The summed E-state index contributed by atoms with van der Waals surface area (Å²) >= 11 is 0. The van der Waals surface area contributed by atoms with E-state index in [1.807, 2.05) is 0 Å². The van der Waals surface area contributed by atoms with Crippen molar-refractivity contribution in [1.29, 1.82) is 0 Å². The molecule has 0 rings (SSSR count). The van der Waals surface area contributed by atoms with Gasteiger partial charge in [0, 0.05) is 74.3 Å². The van der Waals surface area contributed by atoms with Gasteiger partial charge < -0.3 is 44.9 Å². The monoisotopic (exact) mass is 1000 g/mol. The van der Waals surface area contributed by atoms with Gasteiger partial charge in [0.25, 0.3) is 11.2 Å². The Morgan fingerprint density at radius 1 is 0.579 bits per heavy atom. The van der Waals surface area contributed by atoms with E-state index in [9.17, 15) is 62.6 Å². The molecule has 27 heteroatoms. The van der Waals surface area contributed by atoms with Crippen molar-refractivity contribution in [3.63, 3.8) is 0 Å². The minimum atomic E-state index is -6.18. The molecular weight excluding hydrogens is 937 g/mol. The van der Waals surface area contributed by atoms with Crippen molar-refractivity contribution in [2.45, 2.75) is 151 Å². The molecule has 0 aliphatic rings. The summed E-state index contributed by atoms with van der Waals surface area (Å²) in [4.78, 5) is 12.0. The van der Waals surface area contributed by atoms with Gasteiger partial charge in [-0.05, 0) is 59.0 Å². The molecule has 0 spiro atoms. The summed E-state index contributed by atoms with van der Waals surface area (Å²) in [6.07, 6.45) is -30.8. The van der Waals surface area contributed by atoms with Gasteiger partial charge in [-0.2, -0.15) is 52.7 Å². The summed E-state index contributed by atoms with van der Waals surface area (Å²) in [7, 11) is -8.78. The molecule has 1 N–H and O–H groups in total. The second kappa shape index (κ2) is 27.2. The Balaban J connectivity index is -0.000000572. The number of alkyl halides is 12. The molecule has 0 fully saturated rings. The van der Waals surface area contributed by atoms with Crippen LogP contribution in [0.25, 0.3) is 0 Å². The predicted molar refractivity (Wildman–Crippen MR) is 193 cm³/mol. The third-order valence-corrected chi connectivity index (χ3v) is 17.5. The van der Waals surface area contributed by atoms with Crippen LogP contribution in [0.3, 0.4) is 0 Å². The first-order chi connectivity index (χ1) is 22.2. The molecule has 0 saturated carbocycles. The maximum Gasteiger partial charge on any atom is 0.671 e. The molecule has 351 valence electrons. The molecule has 0 aromatic carbocycles. The zero-order valence-electron chi connectivity index (χ0n) is 29.1. The molecule has 0 heterocycles. The van der Waals surface area contributed by atoms with Crippen LogP contribution in [0, 0.1) is 0 Å². The van der Waals surface area contributed by atoms with E-state index in [1.165, 1.54) is 20.8 Å². The number of esters is 1. The zero-order valence-corrected chi connectivity index (χ0v) is 34.9. The largest absolute Gasteiger partial charge is 0.671 e. The van der Waals surface area contributed by atoms with Crippen LogP contribution in [0.2, 0.25) is 18.6 Å². The number of carbonyl (C=O) groups is 1. The van der Waals surface area contributed by atoms with Gasteiger partial charge in [-0.3, -0.25) is 0 Å². The van der Waals surface area contributed by atoms with Crippen molar-refractivity contribution in [3.8, 4) is 0 Å². The fraction of sp³-hybridized carbons (Fsp3) is 0.967. The van der Waals surface area contributed by atoms with Crippen LogP contribution in [0.4, 0.5) is 52.7 Å². The number of hydrogen-bond donors (Lipinski definition) is 1. The third-order valence-electron chi connectivity index (χ3n) is 7.04. The SMILES string of the molecule is C.C.C.C.C.C.CO[Si](C)(CCCC(O)(C(F)(F)F)C(F)(F)F)O[Si](CCCC(OCC(=O)OC(C)(C)C)(C(F)(F)F)C(F)(F)F)(OC)O[Si](OC)(OC)OC.[Y]. The summed E-state index contributed by atoms with van der Waals surface area (Å²) < 4.78 is 211. The first kappa shape index (κ1) is 74.5. The maximum atomic E-state index is 14.2. The first-order valence-electron chi connectivity index (χ1n) is 14.2. The molecule has 0 aromatic rings. The van der Waals surface area contributed by atoms with E-state index in [-0.39, 0.29) is 77.3 Å². The Hall–Kier alpha value is 0.0245. The molecule has 0 aromatic heterocycles. The van der Waals surface area contributed by atoms with Gasteiger partial charge in [-0.15, -0.1) is 0 Å². The van der Waals surface area contributed by atoms with E-state index < -0.39 is 118 Å². The average molecular weight is 1000 g/mol. The summed E-state index contributed by atoms with van der Waals surface area (Å²) in [6, 6.07) is -1.76. The van der Waals surface area contributed by atoms with Crippen LogP contribution in [0.15, 0.2) is 0 Å². The molecule has 0 aliphatic carbocycles. The summed E-state index contributed by atoms with van der Waals surface area (Å²) in [5.41, 5.74) is -11.4. The van der Waals surface area contributed by atoms with Gasteiger partial charge in [-0.1, -0.05) is 44.6 Å². The van der Waals surface area contributed by atoms with Crippen LogP contribution in [-0.4, -0.2) is 121 Å². The van der Waals surface area contributed by atoms with E-state index in [0.29, 0.717) is 0 Å². The number of hydrogen-bond acceptors (Lipinski definition) is 11. The van der Waals surface area contributed by atoms with Crippen molar-refractivity contribution in [3.05, 3.63) is 0 Å². The van der Waals surface area contributed by atoms with Crippen LogP contribution in [0.5, 0.6) is 0 Å². The zero-order chi connectivity index (χ0) is 39.9. The third kappa shape index (κ3) is 20.2. The minimum absolute atomic E-state index is 0. The Kier molecular flexibility index (Phi) is 35.5. The average Bonchev–Trinajstić information content (AvgIpc) is 2.94. The topological polar surface area (TPSA) is 120 Å². The van der Waals surface area contributed by atoms with Gasteiger partial charge in [0.1, 0.15) is 12.2 Å². The molecule has 1 radical (unpaired) electrons. The van der Waals surface area contributed by atoms with Crippen LogP contribution >= 0.6 is 0 Å². The number of aliphatic hydroxyl groups is 1. The summed E-state index contributed by atoms with van der Waals surface area (Å²) in [5.74, 6) is -1.55. The Morgan fingerprint density at radius 3 is 1.26 bits per heavy atom. The van der Waals surface area contributed by atoms with Crippen molar-refractivity contribution >= 4 is 32.4 Å². The fourth-order valence-corrected chi connectivity index (χ4v) is 14.6. The molecule has 2 atom stereocenters. The van der Waals surface area contributed by atoms with Gasteiger partial charge >= 0.3 is 57.1 Å². The van der Waals surface area contributed by atoms with Crippen LogP contribution < -0.4 is 0 Å². The molecular formula is C30H66F12O11Si3Y. The van der Waals surface area contributed by atoms with Crippen molar-refractivity contribution in [2.75, 3.05) is 42.2 Å². The molecule has 2 unspecified atom stereocenters. The minimum Gasteiger partial charge on any atom is -0.458 e. The van der Waals surface area contributed by atoms with E-state index in [0.717, 1.165) is 42.1 Å². The van der Waals surface area contributed by atoms with E-state index in [1.54, 1.807) is 0 Å². The van der Waals surface area contributed by atoms with E-state index >= 15 is 0 Å². The standard InChI is InChI=1S/C24H42F12O11Si3.6CH4.Y/c1-18(2,3)45-17(37)16-44-20(23(31,32)33,24(34,35)36)13-11-15-49(40-5,47-50(41-6,42-7)43-8)46-48(9,39-4)14-10-12-19(38,21(25,26)27)22(28,29)30;;;;;;;/h38H,10-16H2,1-9H3;6*1H4;. The quantitative estimate of drug-likeness (QED) is 0.0713. The molecule has 0 bridgehead atoms. The Bertz CT molecular complexity index is 1040. The van der Waals surface area contributed by atoms with Gasteiger partial charge in [0.05, 0.1) is 0 Å². The summed E-state index contributed by atoms with van der Waals surface area (Å²) in [5, 5.41) is 9.51. The molecule has 0 aliphatic heterocycles. The molecule has 0 amide bonds. The normalized spacial score (nSPS) is 14.9. The Morgan fingerprint density at radius 2 is 0.965 bits per heavy atom. The number of halogens is 12. The van der Waals surface area contributed by atoms with Gasteiger partial charge in [0.2, 0.25) is 0 Å². The van der Waals surface area contributed by atoms with Crippen LogP contribution in [-0.2, 0) is 77.3 Å². The second-order valence-electron chi connectivity index (χ2n) is 11.8. The van der Waals surface area contributed by atoms with Crippen LogP contribution in [0.1, 0.15) is 91.0 Å².